The third-order valence-electron chi connectivity index (χ3n) is 2.76. The van der Waals surface area contributed by atoms with Crippen molar-refractivity contribution >= 4 is 23.2 Å². The van der Waals surface area contributed by atoms with Gasteiger partial charge in [-0.05, 0) is 31.2 Å². The summed E-state index contributed by atoms with van der Waals surface area (Å²) in [6.45, 7) is 1.55. The molecule has 1 heterocycles. The number of aromatic nitrogens is 1. The zero-order valence-electron chi connectivity index (χ0n) is 10.8. The Labute approximate surface area is 120 Å². The maximum Gasteiger partial charge on any atom is 0.253 e. The number of halogens is 1. The number of carbonyl (C=O) groups excluding carboxylic acids is 1. The Kier molecular flexibility index (Phi) is 4.10. The van der Waals surface area contributed by atoms with Crippen LogP contribution in [0.1, 0.15) is 5.56 Å². The van der Waals surface area contributed by atoms with Crippen LogP contribution in [-0.4, -0.2) is 15.6 Å². The standard InChI is InChI=1S/C14H13ClN2O3/c1-9-3-2-6-17(14(9)20)8-13(19)16-11-7-10(15)4-5-12(11)18/h2-7,18H,8H2,1H3,(H,16,19). The van der Waals surface area contributed by atoms with Gasteiger partial charge < -0.3 is 15.0 Å². The number of hydrogen-bond acceptors (Lipinski definition) is 3. The number of anilines is 1. The van der Waals surface area contributed by atoms with E-state index in [2.05, 4.69) is 5.32 Å². The van der Waals surface area contributed by atoms with Crippen LogP contribution in [0.4, 0.5) is 5.69 Å². The van der Waals surface area contributed by atoms with Gasteiger partial charge in [0, 0.05) is 16.8 Å². The monoisotopic (exact) mass is 292 g/mol. The molecule has 104 valence electrons. The molecule has 0 fully saturated rings. The predicted molar refractivity (Wildman–Crippen MR) is 77.2 cm³/mol. The number of carbonyl (C=O) groups is 1. The lowest BCUT2D eigenvalue weighted by molar-refractivity contribution is -0.116. The van der Waals surface area contributed by atoms with Crippen molar-refractivity contribution in [2.45, 2.75) is 13.5 Å². The fourth-order valence-corrected chi connectivity index (χ4v) is 1.91. The van der Waals surface area contributed by atoms with Crippen LogP contribution in [0.2, 0.25) is 5.02 Å². The highest BCUT2D eigenvalue weighted by molar-refractivity contribution is 6.31. The molecule has 0 aliphatic carbocycles. The van der Waals surface area contributed by atoms with E-state index in [1.54, 1.807) is 19.1 Å². The molecule has 2 rings (SSSR count). The predicted octanol–water partition coefficient (Wildman–Crippen LogP) is 2.15. The lowest BCUT2D eigenvalue weighted by atomic mass is 10.3. The summed E-state index contributed by atoms with van der Waals surface area (Å²) in [6, 6.07) is 7.71. The van der Waals surface area contributed by atoms with E-state index in [4.69, 9.17) is 11.6 Å². The molecule has 0 saturated heterocycles. The van der Waals surface area contributed by atoms with Gasteiger partial charge in [-0.3, -0.25) is 9.59 Å². The Balaban J connectivity index is 2.15. The van der Waals surface area contributed by atoms with Crippen LogP contribution in [0, 0.1) is 6.92 Å². The molecule has 0 unspecified atom stereocenters. The number of aromatic hydroxyl groups is 1. The summed E-state index contributed by atoms with van der Waals surface area (Å²) in [6.07, 6.45) is 1.53. The number of hydrogen-bond donors (Lipinski definition) is 2. The summed E-state index contributed by atoms with van der Waals surface area (Å²) < 4.78 is 1.30. The van der Waals surface area contributed by atoms with Crippen LogP contribution in [0.25, 0.3) is 0 Å². The molecule has 20 heavy (non-hydrogen) atoms. The molecule has 0 spiro atoms. The first kappa shape index (κ1) is 14.1. The van der Waals surface area contributed by atoms with E-state index < -0.39 is 5.91 Å². The number of phenolic OH excluding ortho intramolecular Hbond substituents is 1. The SMILES string of the molecule is Cc1cccn(CC(=O)Nc2cc(Cl)ccc2O)c1=O. The molecule has 0 radical (unpaired) electrons. The summed E-state index contributed by atoms with van der Waals surface area (Å²) >= 11 is 5.79. The highest BCUT2D eigenvalue weighted by Crippen LogP contribution is 2.26. The first-order valence-electron chi connectivity index (χ1n) is 5.92. The summed E-state index contributed by atoms with van der Waals surface area (Å²) in [5.41, 5.74) is 0.548. The molecule has 0 aliphatic rings. The normalized spacial score (nSPS) is 10.3. The van der Waals surface area contributed by atoms with Gasteiger partial charge in [-0.25, -0.2) is 0 Å². The second-order valence-corrected chi connectivity index (χ2v) is 4.77. The molecule has 1 aromatic heterocycles. The number of pyridine rings is 1. The maximum absolute atomic E-state index is 11.9. The minimum Gasteiger partial charge on any atom is -0.506 e. The van der Waals surface area contributed by atoms with E-state index in [1.165, 1.54) is 29.0 Å². The van der Waals surface area contributed by atoms with E-state index in [0.29, 0.717) is 10.6 Å². The Hall–Kier alpha value is -2.27. The second kappa shape index (κ2) is 5.79. The van der Waals surface area contributed by atoms with Crippen molar-refractivity contribution in [1.82, 2.24) is 4.57 Å². The van der Waals surface area contributed by atoms with Crippen molar-refractivity contribution < 1.29 is 9.90 Å². The second-order valence-electron chi connectivity index (χ2n) is 4.33. The Morgan fingerprint density at radius 3 is 2.90 bits per heavy atom. The van der Waals surface area contributed by atoms with Crippen LogP contribution in [0.3, 0.4) is 0 Å². The van der Waals surface area contributed by atoms with Crippen LogP contribution < -0.4 is 10.9 Å². The molecular formula is C14H13ClN2O3. The van der Waals surface area contributed by atoms with E-state index in [9.17, 15) is 14.7 Å². The molecule has 5 nitrogen and oxygen atoms in total. The Morgan fingerprint density at radius 1 is 1.40 bits per heavy atom. The van der Waals surface area contributed by atoms with E-state index >= 15 is 0 Å². The highest BCUT2D eigenvalue weighted by atomic mass is 35.5. The van der Waals surface area contributed by atoms with Crippen LogP contribution in [0.15, 0.2) is 41.3 Å². The molecule has 0 bridgehead atoms. The third kappa shape index (κ3) is 3.19. The molecule has 0 saturated carbocycles. The van der Waals surface area contributed by atoms with Gasteiger partial charge in [-0.2, -0.15) is 0 Å². The lowest BCUT2D eigenvalue weighted by Gasteiger charge is -2.09. The number of rotatable bonds is 3. The van der Waals surface area contributed by atoms with Crippen LogP contribution in [-0.2, 0) is 11.3 Å². The fraction of sp³-hybridized carbons (Fsp3) is 0.143. The van der Waals surface area contributed by atoms with E-state index in [1.807, 2.05) is 0 Å². The van der Waals surface area contributed by atoms with E-state index in [-0.39, 0.29) is 23.5 Å². The van der Waals surface area contributed by atoms with Gasteiger partial charge in [0.1, 0.15) is 12.3 Å². The Morgan fingerprint density at radius 2 is 2.15 bits per heavy atom. The van der Waals surface area contributed by atoms with Gasteiger partial charge >= 0.3 is 0 Å². The van der Waals surface area contributed by atoms with Gasteiger partial charge in [-0.15, -0.1) is 0 Å². The van der Waals surface area contributed by atoms with Gasteiger partial charge in [0.25, 0.3) is 5.56 Å². The zero-order valence-corrected chi connectivity index (χ0v) is 11.5. The van der Waals surface area contributed by atoms with Crippen molar-refractivity contribution in [2.24, 2.45) is 0 Å². The number of benzene rings is 1. The fourth-order valence-electron chi connectivity index (χ4n) is 1.73. The zero-order chi connectivity index (χ0) is 14.7. The van der Waals surface area contributed by atoms with Crippen molar-refractivity contribution in [2.75, 3.05) is 5.32 Å². The summed E-state index contributed by atoms with van der Waals surface area (Å²) in [5.74, 6) is -0.505. The molecule has 2 aromatic rings. The van der Waals surface area contributed by atoms with Gasteiger partial charge in [0.05, 0.1) is 5.69 Å². The average Bonchev–Trinajstić information content (AvgIpc) is 2.39. The summed E-state index contributed by atoms with van der Waals surface area (Å²) in [5, 5.41) is 12.5. The summed E-state index contributed by atoms with van der Waals surface area (Å²) in [4.78, 5) is 23.7. The molecule has 1 aromatic carbocycles. The lowest BCUT2D eigenvalue weighted by Crippen LogP contribution is -2.28. The minimum atomic E-state index is -0.421. The first-order valence-corrected chi connectivity index (χ1v) is 6.29. The quantitative estimate of drug-likeness (QED) is 0.852. The van der Waals surface area contributed by atoms with Crippen molar-refractivity contribution in [3.63, 3.8) is 0 Å². The number of phenols is 1. The molecule has 1 amide bonds. The molecule has 6 heteroatoms. The average molecular weight is 293 g/mol. The minimum absolute atomic E-state index is 0.0839. The van der Waals surface area contributed by atoms with E-state index in [0.717, 1.165) is 0 Å². The van der Waals surface area contributed by atoms with Gasteiger partial charge in [0.15, 0.2) is 0 Å². The van der Waals surface area contributed by atoms with Gasteiger partial charge in [0.2, 0.25) is 5.91 Å². The smallest absolute Gasteiger partial charge is 0.253 e. The molecule has 0 aliphatic heterocycles. The third-order valence-corrected chi connectivity index (χ3v) is 2.99. The topological polar surface area (TPSA) is 71.3 Å². The maximum atomic E-state index is 11.9. The van der Waals surface area contributed by atoms with Crippen molar-refractivity contribution in [1.29, 1.82) is 0 Å². The Bertz CT molecular complexity index is 710. The molecule has 0 atom stereocenters. The highest BCUT2D eigenvalue weighted by Gasteiger charge is 2.09. The van der Waals surface area contributed by atoms with Crippen LogP contribution >= 0.6 is 11.6 Å². The summed E-state index contributed by atoms with van der Waals surface area (Å²) in [7, 11) is 0. The first-order chi connectivity index (χ1) is 9.47. The largest absolute Gasteiger partial charge is 0.506 e. The van der Waals surface area contributed by atoms with Crippen LogP contribution in [0.5, 0.6) is 5.75 Å². The van der Waals surface area contributed by atoms with Crippen molar-refractivity contribution in [3.05, 3.63) is 57.5 Å². The molecule has 2 N–H and O–H groups in total. The van der Waals surface area contributed by atoms with Crippen molar-refractivity contribution in [3.8, 4) is 5.75 Å². The number of aryl methyl sites for hydroxylation is 1. The molecular weight excluding hydrogens is 280 g/mol. The number of nitrogens with one attached hydrogen (secondary N) is 1. The number of amides is 1. The van der Waals surface area contributed by atoms with Gasteiger partial charge in [-0.1, -0.05) is 17.7 Å². The number of nitrogens with zero attached hydrogens (tertiary/aromatic N) is 1.